The van der Waals surface area contributed by atoms with Crippen molar-refractivity contribution in [2.45, 2.75) is 25.8 Å². The second-order valence-electron chi connectivity index (χ2n) is 5.46. The van der Waals surface area contributed by atoms with E-state index in [4.69, 9.17) is 0 Å². The third-order valence-electron chi connectivity index (χ3n) is 3.59. The summed E-state index contributed by atoms with van der Waals surface area (Å²) in [6.07, 6.45) is 0.729. The van der Waals surface area contributed by atoms with Gasteiger partial charge in [0, 0.05) is 38.6 Å². The fraction of sp³-hybridized carbons (Fsp3) is 0.500. The molecule has 1 aliphatic heterocycles. The minimum absolute atomic E-state index is 0. The quantitative estimate of drug-likeness (QED) is 0.848. The molecule has 122 valence electrons. The molecule has 2 N–H and O–H groups in total. The Morgan fingerprint density at radius 1 is 1.32 bits per heavy atom. The first-order valence-electron chi connectivity index (χ1n) is 7.47. The van der Waals surface area contributed by atoms with Crippen LogP contribution in [0.5, 0.6) is 0 Å². The summed E-state index contributed by atoms with van der Waals surface area (Å²) < 4.78 is 0. The van der Waals surface area contributed by atoms with E-state index in [-0.39, 0.29) is 24.2 Å². The van der Waals surface area contributed by atoms with E-state index in [1.807, 2.05) is 35.2 Å². The number of nitrogens with zero attached hydrogens (tertiary/aromatic N) is 1. The Morgan fingerprint density at radius 3 is 2.73 bits per heavy atom. The highest BCUT2D eigenvalue weighted by molar-refractivity contribution is 5.85. The van der Waals surface area contributed by atoms with Crippen molar-refractivity contribution >= 4 is 24.2 Å². The Hall–Kier alpha value is -1.59. The molecular weight excluding hydrogens is 302 g/mol. The van der Waals surface area contributed by atoms with Gasteiger partial charge in [0.25, 0.3) is 0 Å². The average molecular weight is 326 g/mol. The van der Waals surface area contributed by atoms with Crippen LogP contribution in [0.2, 0.25) is 0 Å². The first kappa shape index (κ1) is 18.5. The monoisotopic (exact) mass is 325 g/mol. The molecule has 1 aromatic rings. The molecule has 1 fully saturated rings. The summed E-state index contributed by atoms with van der Waals surface area (Å²) >= 11 is 0. The fourth-order valence-corrected chi connectivity index (χ4v) is 2.47. The maximum Gasteiger partial charge on any atom is 0.224 e. The molecule has 0 aliphatic carbocycles. The van der Waals surface area contributed by atoms with Crippen LogP contribution in [-0.2, 0) is 16.0 Å². The van der Waals surface area contributed by atoms with Gasteiger partial charge in [-0.25, -0.2) is 0 Å². The van der Waals surface area contributed by atoms with Crippen LogP contribution >= 0.6 is 12.4 Å². The lowest BCUT2D eigenvalue weighted by Gasteiger charge is -2.32. The van der Waals surface area contributed by atoms with Crippen LogP contribution in [0.15, 0.2) is 30.3 Å². The average Bonchev–Trinajstić information content (AvgIpc) is 2.48. The summed E-state index contributed by atoms with van der Waals surface area (Å²) in [5.41, 5.74) is 0.984. The first-order chi connectivity index (χ1) is 10.1. The molecule has 0 saturated carbocycles. The number of rotatable bonds is 5. The Kier molecular flexibility index (Phi) is 7.91. The number of halogens is 1. The van der Waals surface area contributed by atoms with Crippen LogP contribution in [0, 0.1) is 0 Å². The number of benzene rings is 1. The SMILES string of the molecule is CC1CN(C(=O)CCNC(=O)Cc2ccccc2)CCN1.Cl. The molecule has 5 nitrogen and oxygen atoms in total. The summed E-state index contributed by atoms with van der Waals surface area (Å²) in [5.74, 6) is 0.0750. The number of carbonyl (C=O) groups is 2. The highest BCUT2D eigenvalue weighted by atomic mass is 35.5. The number of amides is 2. The number of carbonyl (C=O) groups excluding carboxylic acids is 2. The molecule has 6 heteroatoms. The zero-order chi connectivity index (χ0) is 15.1. The Balaban J connectivity index is 0.00000242. The molecule has 0 spiro atoms. The second-order valence-corrected chi connectivity index (χ2v) is 5.46. The molecule has 1 unspecified atom stereocenters. The molecular formula is C16H24ClN3O2. The van der Waals surface area contributed by atoms with E-state index >= 15 is 0 Å². The van der Waals surface area contributed by atoms with Gasteiger partial charge < -0.3 is 15.5 Å². The Labute approximate surface area is 137 Å². The molecule has 22 heavy (non-hydrogen) atoms. The molecule has 1 heterocycles. The topological polar surface area (TPSA) is 61.4 Å². The molecule has 0 radical (unpaired) electrons. The smallest absolute Gasteiger partial charge is 0.224 e. The summed E-state index contributed by atoms with van der Waals surface area (Å²) in [6, 6.07) is 9.94. The van der Waals surface area contributed by atoms with Crippen LogP contribution in [-0.4, -0.2) is 48.9 Å². The van der Waals surface area contributed by atoms with Gasteiger partial charge in [-0.1, -0.05) is 30.3 Å². The molecule has 0 bridgehead atoms. The normalized spacial score (nSPS) is 17.5. The Morgan fingerprint density at radius 2 is 2.05 bits per heavy atom. The van der Waals surface area contributed by atoms with Gasteiger partial charge in [0.2, 0.25) is 11.8 Å². The van der Waals surface area contributed by atoms with Crippen molar-refractivity contribution in [2.24, 2.45) is 0 Å². The highest BCUT2D eigenvalue weighted by Gasteiger charge is 2.19. The van der Waals surface area contributed by atoms with Crippen LogP contribution in [0.1, 0.15) is 18.9 Å². The third kappa shape index (κ3) is 6.03. The van der Waals surface area contributed by atoms with Gasteiger partial charge in [0.15, 0.2) is 0 Å². The van der Waals surface area contributed by atoms with Crippen molar-refractivity contribution in [2.75, 3.05) is 26.2 Å². The van der Waals surface area contributed by atoms with Crippen molar-refractivity contribution in [1.82, 2.24) is 15.5 Å². The summed E-state index contributed by atoms with van der Waals surface area (Å²) in [5, 5.41) is 6.12. The lowest BCUT2D eigenvalue weighted by molar-refractivity contribution is -0.132. The van der Waals surface area contributed by atoms with E-state index in [2.05, 4.69) is 17.6 Å². The summed E-state index contributed by atoms with van der Waals surface area (Å²) in [6.45, 7) is 4.81. The zero-order valence-corrected chi connectivity index (χ0v) is 13.7. The second kappa shape index (κ2) is 9.43. The standard InChI is InChI=1S/C16H23N3O2.ClH/c1-13-12-19(10-9-17-13)16(21)7-8-18-15(20)11-14-5-3-2-4-6-14;/h2-6,13,17H,7-12H2,1H3,(H,18,20);1H. The molecule has 1 atom stereocenters. The van der Waals surface area contributed by atoms with E-state index in [1.54, 1.807) is 0 Å². The molecule has 2 rings (SSSR count). The van der Waals surface area contributed by atoms with Gasteiger partial charge in [-0.05, 0) is 12.5 Å². The highest BCUT2D eigenvalue weighted by Crippen LogP contribution is 2.02. The summed E-state index contributed by atoms with van der Waals surface area (Å²) in [7, 11) is 0. The van der Waals surface area contributed by atoms with Crippen LogP contribution < -0.4 is 10.6 Å². The van der Waals surface area contributed by atoms with Crippen molar-refractivity contribution in [3.8, 4) is 0 Å². The predicted octanol–water partition coefficient (Wildman–Crippen LogP) is 0.977. The lowest BCUT2D eigenvalue weighted by atomic mass is 10.1. The van der Waals surface area contributed by atoms with E-state index in [0.717, 1.165) is 25.2 Å². The largest absolute Gasteiger partial charge is 0.355 e. The fourth-order valence-electron chi connectivity index (χ4n) is 2.47. The Bertz CT molecular complexity index is 482. The summed E-state index contributed by atoms with van der Waals surface area (Å²) in [4.78, 5) is 25.7. The van der Waals surface area contributed by atoms with E-state index in [9.17, 15) is 9.59 Å². The van der Waals surface area contributed by atoms with Crippen molar-refractivity contribution in [3.05, 3.63) is 35.9 Å². The number of hydrogen-bond donors (Lipinski definition) is 2. The van der Waals surface area contributed by atoms with E-state index in [1.165, 1.54) is 0 Å². The number of piperazine rings is 1. The van der Waals surface area contributed by atoms with Crippen molar-refractivity contribution < 1.29 is 9.59 Å². The van der Waals surface area contributed by atoms with Crippen LogP contribution in [0.3, 0.4) is 0 Å². The first-order valence-corrected chi connectivity index (χ1v) is 7.47. The number of nitrogens with one attached hydrogen (secondary N) is 2. The minimum atomic E-state index is -0.0392. The van der Waals surface area contributed by atoms with Gasteiger partial charge in [-0.15, -0.1) is 12.4 Å². The minimum Gasteiger partial charge on any atom is -0.355 e. The van der Waals surface area contributed by atoms with Gasteiger partial charge >= 0.3 is 0 Å². The maximum absolute atomic E-state index is 12.0. The maximum atomic E-state index is 12.0. The molecule has 0 aromatic heterocycles. The van der Waals surface area contributed by atoms with Gasteiger partial charge in [0.1, 0.15) is 0 Å². The van der Waals surface area contributed by atoms with E-state index in [0.29, 0.717) is 25.4 Å². The van der Waals surface area contributed by atoms with Gasteiger partial charge in [-0.3, -0.25) is 9.59 Å². The van der Waals surface area contributed by atoms with Gasteiger partial charge in [0.05, 0.1) is 6.42 Å². The van der Waals surface area contributed by atoms with Crippen molar-refractivity contribution in [1.29, 1.82) is 0 Å². The lowest BCUT2D eigenvalue weighted by Crippen LogP contribution is -2.51. The van der Waals surface area contributed by atoms with Crippen LogP contribution in [0.25, 0.3) is 0 Å². The van der Waals surface area contributed by atoms with E-state index < -0.39 is 0 Å². The zero-order valence-electron chi connectivity index (χ0n) is 12.9. The predicted molar refractivity (Wildman–Crippen MR) is 89.1 cm³/mol. The molecule has 1 saturated heterocycles. The molecule has 2 amide bonds. The van der Waals surface area contributed by atoms with Gasteiger partial charge in [-0.2, -0.15) is 0 Å². The number of hydrogen-bond acceptors (Lipinski definition) is 3. The molecule has 1 aromatic carbocycles. The molecule has 1 aliphatic rings. The third-order valence-corrected chi connectivity index (χ3v) is 3.59. The van der Waals surface area contributed by atoms with Crippen LogP contribution in [0.4, 0.5) is 0 Å². The van der Waals surface area contributed by atoms with Crippen molar-refractivity contribution in [3.63, 3.8) is 0 Å².